The van der Waals surface area contributed by atoms with E-state index in [1.165, 1.54) is 0 Å². The van der Waals surface area contributed by atoms with E-state index in [0.29, 0.717) is 13.0 Å². The third kappa shape index (κ3) is 11.9. The smallest absolute Gasteiger partial charge is 0.245 e. The van der Waals surface area contributed by atoms with Gasteiger partial charge >= 0.3 is 0 Å². The molecule has 2 rings (SSSR count). The zero-order valence-corrected chi connectivity index (χ0v) is 34.5. The second-order valence-electron chi connectivity index (χ2n) is 15.7. The molecule has 13 heteroatoms. The van der Waals surface area contributed by atoms with Gasteiger partial charge in [0.2, 0.25) is 23.6 Å². The van der Waals surface area contributed by atoms with Crippen molar-refractivity contribution in [1.29, 1.82) is 0 Å². The van der Waals surface area contributed by atoms with Crippen LogP contribution in [0.5, 0.6) is 0 Å². The molecule has 0 aliphatic carbocycles. The number of likely N-dealkylation sites (N-methyl/N-ethyl adjacent to an activating group) is 2. The zero-order valence-electron chi connectivity index (χ0n) is 34.5. The Kier molecular flexibility index (Phi) is 18.9. The van der Waals surface area contributed by atoms with Gasteiger partial charge < -0.3 is 29.9 Å². The summed E-state index contributed by atoms with van der Waals surface area (Å²) in [5.74, 6) is -1.65. The molecular formula is C40H69N5O8. The summed E-state index contributed by atoms with van der Waals surface area (Å²) in [6, 6.07) is 6.63. The predicted molar refractivity (Wildman–Crippen MR) is 206 cm³/mol. The van der Waals surface area contributed by atoms with Gasteiger partial charge in [0.15, 0.2) is 0 Å². The summed E-state index contributed by atoms with van der Waals surface area (Å²) in [5.41, 5.74) is 0.718. The van der Waals surface area contributed by atoms with Crippen LogP contribution < -0.4 is 10.6 Å². The quantitative estimate of drug-likeness (QED) is 0.123. The first kappa shape index (κ1) is 46.1. The molecule has 0 saturated carbocycles. The largest absolute Gasteiger partial charge is 0.379 e. The lowest BCUT2D eigenvalue weighted by Crippen LogP contribution is -2.59. The monoisotopic (exact) mass is 748 g/mol. The number of nitrogens with zero attached hydrogens (tertiary/aromatic N) is 3. The highest BCUT2D eigenvalue weighted by atomic mass is 17.1. The molecule has 1 aliphatic heterocycles. The molecule has 302 valence electrons. The van der Waals surface area contributed by atoms with E-state index in [1.54, 1.807) is 44.9 Å². The summed E-state index contributed by atoms with van der Waals surface area (Å²) in [7, 11) is 8.55. The van der Waals surface area contributed by atoms with Crippen LogP contribution in [0.1, 0.15) is 92.7 Å². The minimum absolute atomic E-state index is 0.0228. The van der Waals surface area contributed by atoms with E-state index in [2.05, 4.69) is 10.6 Å². The van der Waals surface area contributed by atoms with E-state index < -0.39 is 48.4 Å². The summed E-state index contributed by atoms with van der Waals surface area (Å²) in [4.78, 5) is 65.4. The van der Waals surface area contributed by atoms with Crippen molar-refractivity contribution < 1.29 is 38.8 Å². The van der Waals surface area contributed by atoms with E-state index in [0.717, 1.165) is 18.4 Å². The molecule has 0 aromatic heterocycles. The van der Waals surface area contributed by atoms with Crippen molar-refractivity contribution in [1.82, 2.24) is 25.3 Å². The van der Waals surface area contributed by atoms with Gasteiger partial charge in [-0.1, -0.05) is 85.2 Å². The number of benzene rings is 1. The molecule has 3 N–H and O–H groups in total. The van der Waals surface area contributed by atoms with Crippen molar-refractivity contribution in [2.45, 2.75) is 130 Å². The van der Waals surface area contributed by atoms with Crippen LogP contribution in [0.25, 0.3) is 0 Å². The Labute approximate surface area is 318 Å². The molecule has 1 saturated heterocycles. The highest BCUT2D eigenvalue weighted by molar-refractivity contribution is 5.90. The van der Waals surface area contributed by atoms with Crippen molar-refractivity contribution in [3.8, 4) is 0 Å². The van der Waals surface area contributed by atoms with Gasteiger partial charge in [-0.2, -0.15) is 0 Å². The SMILES string of the molecule is CCC(C)C(C(CC(=O)N1CCCC1C(OC)C(C)C(=O)NC(C)C(OO)c1ccccc1)OC)N(C)C(=O)[C@@H](NC(=O)C(C(C)C)N(C)C)C(C)C. The second-order valence-corrected chi connectivity index (χ2v) is 15.7. The number of hydrogen-bond donors (Lipinski definition) is 3. The first-order valence-corrected chi connectivity index (χ1v) is 19.2. The van der Waals surface area contributed by atoms with Gasteiger partial charge in [0.05, 0.1) is 48.7 Å². The van der Waals surface area contributed by atoms with E-state index in [9.17, 15) is 24.4 Å². The maximum Gasteiger partial charge on any atom is 0.245 e. The first-order valence-electron chi connectivity index (χ1n) is 19.2. The Hall–Kier alpha value is -3.10. The minimum atomic E-state index is -0.769. The van der Waals surface area contributed by atoms with E-state index in [1.807, 2.05) is 90.9 Å². The van der Waals surface area contributed by atoms with Crippen LogP contribution in [0, 0.1) is 23.7 Å². The van der Waals surface area contributed by atoms with Crippen molar-refractivity contribution in [3.05, 3.63) is 35.9 Å². The van der Waals surface area contributed by atoms with Crippen LogP contribution in [0.2, 0.25) is 0 Å². The van der Waals surface area contributed by atoms with E-state index >= 15 is 0 Å². The second kappa shape index (κ2) is 21.7. The minimum Gasteiger partial charge on any atom is -0.379 e. The molecule has 1 fully saturated rings. The fourth-order valence-corrected chi connectivity index (χ4v) is 7.93. The number of carbonyl (C=O) groups is 4. The first-order chi connectivity index (χ1) is 25.0. The summed E-state index contributed by atoms with van der Waals surface area (Å²) >= 11 is 0. The van der Waals surface area contributed by atoms with Gasteiger partial charge in [0.1, 0.15) is 12.1 Å². The third-order valence-electron chi connectivity index (χ3n) is 11.0. The van der Waals surface area contributed by atoms with Crippen LogP contribution in [0.15, 0.2) is 30.3 Å². The van der Waals surface area contributed by atoms with Gasteiger partial charge in [-0.05, 0) is 57.2 Å². The number of rotatable bonds is 21. The fraction of sp³-hybridized carbons (Fsp3) is 0.750. The Bertz CT molecular complexity index is 1290. The van der Waals surface area contributed by atoms with Crippen LogP contribution in [0.3, 0.4) is 0 Å². The van der Waals surface area contributed by atoms with Crippen molar-refractivity contribution in [2.24, 2.45) is 23.7 Å². The Balaban J connectivity index is 2.26. The Morgan fingerprint density at radius 3 is 2.02 bits per heavy atom. The number of methoxy groups -OCH3 is 2. The summed E-state index contributed by atoms with van der Waals surface area (Å²) in [6.07, 6.45) is 0.179. The normalized spacial score (nSPS) is 19.9. The maximum absolute atomic E-state index is 14.2. The fourth-order valence-electron chi connectivity index (χ4n) is 7.93. The topological polar surface area (TPSA) is 150 Å². The Morgan fingerprint density at radius 2 is 1.53 bits per heavy atom. The lowest BCUT2D eigenvalue weighted by atomic mass is 9.89. The zero-order chi connectivity index (χ0) is 40.2. The molecule has 0 radical (unpaired) electrons. The molecule has 0 bridgehead atoms. The number of amides is 4. The van der Waals surface area contributed by atoms with Crippen LogP contribution in [0.4, 0.5) is 0 Å². The van der Waals surface area contributed by atoms with Gasteiger partial charge in [-0.25, -0.2) is 4.89 Å². The molecule has 10 atom stereocenters. The lowest BCUT2D eigenvalue weighted by molar-refractivity contribution is -0.287. The van der Waals surface area contributed by atoms with E-state index in [4.69, 9.17) is 14.4 Å². The standard InChI is InChI=1S/C40H69N5O8/c1-14-26(6)35(44(11)40(49)33(24(2)3)42-39(48)34(25(4)5)43(9)10)31(51-12)23-32(46)45-22-18-21-30(45)36(52-13)27(7)38(47)41-28(8)37(53-50)29-19-16-15-17-20-29/h15-17,19-20,24-28,30-31,33-37,50H,14,18,21-23H2,1-13H3,(H,41,47)(H,42,48)/t26?,27?,28?,30?,31?,33-,34?,35?,36?,37?/m0/s1. The van der Waals surface area contributed by atoms with Crippen molar-refractivity contribution in [2.75, 3.05) is 41.9 Å². The van der Waals surface area contributed by atoms with Gasteiger partial charge in [-0.3, -0.25) is 29.3 Å². The van der Waals surface area contributed by atoms with Crippen molar-refractivity contribution >= 4 is 23.6 Å². The van der Waals surface area contributed by atoms with Crippen LogP contribution in [-0.2, 0) is 33.5 Å². The van der Waals surface area contributed by atoms with Gasteiger partial charge in [0.25, 0.3) is 0 Å². The van der Waals surface area contributed by atoms with Crippen LogP contribution >= 0.6 is 0 Å². The number of likely N-dealkylation sites (tertiary alicyclic amines) is 1. The molecule has 4 amide bonds. The Morgan fingerprint density at radius 1 is 0.906 bits per heavy atom. The highest BCUT2D eigenvalue weighted by Gasteiger charge is 2.43. The van der Waals surface area contributed by atoms with Gasteiger partial charge in [0, 0.05) is 27.8 Å². The molecular weight excluding hydrogens is 678 g/mol. The molecule has 1 aliphatic rings. The predicted octanol–water partition coefficient (Wildman–Crippen LogP) is 4.37. The summed E-state index contributed by atoms with van der Waals surface area (Å²) in [5, 5.41) is 15.6. The molecule has 9 unspecified atom stereocenters. The lowest BCUT2D eigenvalue weighted by Gasteiger charge is -2.41. The average molecular weight is 748 g/mol. The number of nitrogens with one attached hydrogen (secondary N) is 2. The molecule has 13 nitrogen and oxygen atoms in total. The number of hydrogen-bond acceptors (Lipinski definition) is 9. The average Bonchev–Trinajstić information content (AvgIpc) is 3.60. The third-order valence-corrected chi connectivity index (χ3v) is 11.0. The number of ether oxygens (including phenoxy) is 2. The number of carbonyl (C=O) groups excluding carboxylic acids is 4. The van der Waals surface area contributed by atoms with Crippen molar-refractivity contribution in [3.63, 3.8) is 0 Å². The molecule has 53 heavy (non-hydrogen) atoms. The molecule has 1 aromatic rings. The highest BCUT2D eigenvalue weighted by Crippen LogP contribution is 2.30. The van der Waals surface area contributed by atoms with E-state index in [-0.39, 0.29) is 53.8 Å². The summed E-state index contributed by atoms with van der Waals surface area (Å²) < 4.78 is 11.9. The summed E-state index contributed by atoms with van der Waals surface area (Å²) in [6.45, 7) is 15.9. The molecule has 1 aromatic carbocycles. The molecule has 0 spiro atoms. The molecule has 1 heterocycles. The van der Waals surface area contributed by atoms with Crippen LogP contribution in [-0.4, -0.2) is 128 Å². The maximum atomic E-state index is 14.2. The van der Waals surface area contributed by atoms with Gasteiger partial charge in [-0.15, -0.1) is 0 Å².